The predicted molar refractivity (Wildman–Crippen MR) is 98.1 cm³/mol. The highest BCUT2D eigenvalue weighted by Crippen LogP contribution is 2.31. The van der Waals surface area contributed by atoms with Crippen molar-refractivity contribution in [3.05, 3.63) is 57.5 Å². The van der Waals surface area contributed by atoms with Crippen molar-refractivity contribution in [1.29, 1.82) is 0 Å². The van der Waals surface area contributed by atoms with Gasteiger partial charge in [0.25, 0.3) is 5.91 Å². The van der Waals surface area contributed by atoms with Gasteiger partial charge >= 0.3 is 6.03 Å². The Morgan fingerprint density at radius 1 is 1.21 bits per heavy atom. The summed E-state index contributed by atoms with van der Waals surface area (Å²) in [6.45, 7) is 1.71. The summed E-state index contributed by atoms with van der Waals surface area (Å²) < 4.78 is 0.953. The molecule has 0 aromatic heterocycles. The third kappa shape index (κ3) is 3.12. The third-order valence-electron chi connectivity index (χ3n) is 3.90. The summed E-state index contributed by atoms with van der Waals surface area (Å²) >= 11 is 9.36. The summed E-state index contributed by atoms with van der Waals surface area (Å²) in [7, 11) is 0. The van der Waals surface area contributed by atoms with Crippen LogP contribution in [0.4, 0.5) is 16.2 Å². The highest BCUT2D eigenvalue weighted by molar-refractivity contribution is 9.10. The van der Waals surface area contributed by atoms with Crippen LogP contribution in [0.5, 0.6) is 0 Å². The molecule has 0 spiro atoms. The van der Waals surface area contributed by atoms with Gasteiger partial charge in [0.2, 0.25) is 0 Å². The van der Waals surface area contributed by atoms with Gasteiger partial charge in [0.15, 0.2) is 0 Å². The van der Waals surface area contributed by atoms with Crippen LogP contribution < -0.4 is 16.0 Å². The number of nitrogens with two attached hydrogens (primary N) is 1. The maximum Gasteiger partial charge on any atom is 0.329 e. The van der Waals surface area contributed by atoms with Gasteiger partial charge in [-0.15, -0.1) is 0 Å². The molecule has 3 amide bonds. The van der Waals surface area contributed by atoms with E-state index in [4.69, 9.17) is 17.3 Å². The summed E-state index contributed by atoms with van der Waals surface area (Å²) in [5, 5.41) is 3.14. The number of nitrogens with zero attached hydrogens (tertiary/aromatic N) is 1. The minimum Gasteiger partial charge on any atom is -0.399 e. The second-order valence-electron chi connectivity index (χ2n) is 5.95. The number of imide groups is 1. The number of amides is 3. The molecule has 0 aliphatic carbocycles. The number of carbonyl (C=O) groups is 2. The van der Waals surface area contributed by atoms with Crippen molar-refractivity contribution >= 4 is 50.8 Å². The maximum atomic E-state index is 12.9. The van der Waals surface area contributed by atoms with Gasteiger partial charge in [-0.05, 0) is 42.8 Å². The Hall–Kier alpha value is -2.05. The summed E-state index contributed by atoms with van der Waals surface area (Å²) in [5.74, 6) is -0.336. The summed E-state index contributed by atoms with van der Waals surface area (Å²) in [6, 6.07) is 11.8. The zero-order chi connectivity index (χ0) is 17.5. The van der Waals surface area contributed by atoms with Crippen molar-refractivity contribution in [1.82, 2.24) is 5.32 Å². The van der Waals surface area contributed by atoms with Gasteiger partial charge in [-0.25, -0.2) is 9.69 Å². The quantitative estimate of drug-likeness (QED) is 0.600. The fraction of sp³-hybridized carbons (Fsp3) is 0.176. The van der Waals surface area contributed by atoms with Crippen LogP contribution in [0.3, 0.4) is 0 Å². The molecule has 1 saturated heterocycles. The van der Waals surface area contributed by atoms with Crippen molar-refractivity contribution in [2.24, 2.45) is 0 Å². The first-order valence-corrected chi connectivity index (χ1v) is 8.43. The lowest BCUT2D eigenvalue weighted by atomic mass is 9.93. The van der Waals surface area contributed by atoms with E-state index >= 15 is 0 Å². The lowest BCUT2D eigenvalue weighted by molar-refractivity contribution is -0.121. The lowest BCUT2D eigenvalue weighted by Crippen LogP contribution is -2.46. The molecule has 1 aliphatic heterocycles. The van der Waals surface area contributed by atoms with Crippen molar-refractivity contribution in [3.8, 4) is 0 Å². The standard InChI is InChI=1S/C17H15BrClN3O2/c1-17(9-10-2-4-11(18)5-3-10)15(23)22(16(24)21-17)14-7-12(19)6-13(20)8-14/h2-8H,9,20H2,1H3,(H,21,24). The summed E-state index contributed by atoms with van der Waals surface area (Å²) in [4.78, 5) is 26.3. The van der Waals surface area contributed by atoms with E-state index in [0.29, 0.717) is 22.8 Å². The first-order chi connectivity index (χ1) is 11.3. The molecule has 0 radical (unpaired) electrons. The van der Waals surface area contributed by atoms with Gasteiger partial charge in [-0.2, -0.15) is 0 Å². The van der Waals surface area contributed by atoms with Gasteiger partial charge in [0.1, 0.15) is 5.54 Å². The molecular formula is C17H15BrClN3O2. The van der Waals surface area contributed by atoms with E-state index in [-0.39, 0.29) is 5.91 Å². The highest BCUT2D eigenvalue weighted by Gasteiger charge is 2.48. The smallest absolute Gasteiger partial charge is 0.329 e. The molecule has 3 rings (SSSR count). The number of nitrogen functional groups attached to an aromatic ring is 1. The van der Waals surface area contributed by atoms with Crippen LogP contribution in [0.25, 0.3) is 0 Å². The number of anilines is 2. The Labute approximate surface area is 152 Å². The summed E-state index contributed by atoms with van der Waals surface area (Å²) in [6.07, 6.45) is 0.386. The monoisotopic (exact) mass is 407 g/mol. The van der Waals surface area contributed by atoms with E-state index in [2.05, 4.69) is 21.2 Å². The molecule has 1 fully saturated rings. The van der Waals surface area contributed by atoms with Crippen LogP contribution in [0.1, 0.15) is 12.5 Å². The number of benzene rings is 2. The number of carbonyl (C=O) groups excluding carboxylic acids is 2. The molecule has 0 bridgehead atoms. The van der Waals surface area contributed by atoms with Crippen LogP contribution in [0.15, 0.2) is 46.9 Å². The fourth-order valence-electron chi connectivity index (χ4n) is 2.77. The van der Waals surface area contributed by atoms with Crippen molar-refractivity contribution in [2.45, 2.75) is 18.9 Å². The minimum absolute atomic E-state index is 0.336. The van der Waals surface area contributed by atoms with E-state index in [9.17, 15) is 9.59 Å². The topological polar surface area (TPSA) is 75.4 Å². The van der Waals surface area contributed by atoms with E-state index in [1.807, 2.05) is 24.3 Å². The predicted octanol–water partition coefficient (Wildman–Crippen LogP) is 3.74. The minimum atomic E-state index is -1.03. The van der Waals surface area contributed by atoms with Crippen molar-refractivity contribution in [3.63, 3.8) is 0 Å². The first-order valence-electron chi connectivity index (χ1n) is 7.26. The molecule has 1 heterocycles. The Bertz CT molecular complexity index is 805. The van der Waals surface area contributed by atoms with E-state index in [0.717, 1.165) is 14.9 Å². The van der Waals surface area contributed by atoms with Crippen LogP contribution in [0.2, 0.25) is 5.02 Å². The number of hydrogen-bond donors (Lipinski definition) is 2. The van der Waals surface area contributed by atoms with E-state index < -0.39 is 11.6 Å². The van der Waals surface area contributed by atoms with Crippen molar-refractivity contribution in [2.75, 3.05) is 10.6 Å². The lowest BCUT2D eigenvalue weighted by Gasteiger charge is -2.22. The Kier molecular flexibility index (Phi) is 4.27. The molecule has 1 atom stereocenters. The highest BCUT2D eigenvalue weighted by atomic mass is 79.9. The van der Waals surface area contributed by atoms with Crippen LogP contribution >= 0.6 is 27.5 Å². The molecule has 0 saturated carbocycles. The van der Waals surface area contributed by atoms with Gasteiger partial charge in [-0.1, -0.05) is 39.7 Å². The molecule has 3 N–H and O–H groups in total. The molecule has 2 aromatic carbocycles. The third-order valence-corrected chi connectivity index (χ3v) is 4.64. The van der Waals surface area contributed by atoms with Gasteiger partial charge < -0.3 is 11.1 Å². The Balaban J connectivity index is 1.91. The molecule has 1 unspecified atom stereocenters. The number of rotatable bonds is 3. The number of nitrogens with one attached hydrogen (secondary N) is 1. The number of hydrogen-bond acceptors (Lipinski definition) is 3. The molecule has 24 heavy (non-hydrogen) atoms. The normalized spacial score (nSPS) is 20.4. The molecular weight excluding hydrogens is 394 g/mol. The molecule has 7 heteroatoms. The zero-order valence-corrected chi connectivity index (χ0v) is 15.2. The average molecular weight is 409 g/mol. The van der Waals surface area contributed by atoms with E-state index in [1.54, 1.807) is 25.1 Å². The number of urea groups is 1. The van der Waals surface area contributed by atoms with E-state index in [1.165, 1.54) is 0 Å². The SMILES string of the molecule is CC1(Cc2ccc(Br)cc2)NC(=O)N(c2cc(N)cc(Cl)c2)C1=O. The molecule has 124 valence electrons. The van der Waals surface area contributed by atoms with Crippen LogP contribution in [-0.2, 0) is 11.2 Å². The van der Waals surface area contributed by atoms with Crippen LogP contribution in [0, 0.1) is 0 Å². The number of halogens is 2. The molecule has 5 nitrogen and oxygen atoms in total. The first kappa shape index (κ1) is 16.8. The van der Waals surface area contributed by atoms with Gasteiger partial charge in [-0.3, -0.25) is 4.79 Å². The van der Waals surface area contributed by atoms with Gasteiger partial charge in [0, 0.05) is 21.6 Å². The van der Waals surface area contributed by atoms with Gasteiger partial charge in [0.05, 0.1) is 5.69 Å². The second kappa shape index (κ2) is 6.11. The molecule has 2 aromatic rings. The van der Waals surface area contributed by atoms with Crippen molar-refractivity contribution < 1.29 is 9.59 Å². The summed E-state index contributed by atoms with van der Waals surface area (Å²) in [5.41, 5.74) is 6.44. The van der Waals surface area contributed by atoms with Crippen LogP contribution in [-0.4, -0.2) is 17.5 Å². The maximum absolute atomic E-state index is 12.9. The zero-order valence-electron chi connectivity index (χ0n) is 12.8. The largest absolute Gasteiger partial charge is 0.399 e. The molecule has 1 aliphatic rings. The Morgan fingerprint density at radius 2 is 1.88 bits per heavy atom. The average Bonchev–Trinajstić information content (AvgIpc) is 2.70. The second-order valence-corrected chi connectivity index (χ2v) is 7.30. The Morgan fingerprint density at radius 3 is 2.50 bits per heavy atom. The fourth-order valence-corrected chi connectivity index (χ4v) is 3.28.